The number of nitrogens with zero attached hydrogens (tertiary/aromatic N) is 2. The first-order chi connectivity index (χ1) is 9.79. The number of methoxy groups -OCH3 is 1. The third-order valence-corrected chi connectivity index (χ3v) is 3.44. The molecule has 0 radical (unpaired) electrons. The van der Waals surface area contributed by atoms with Gasteiger partial charge in [0, 0.05) is 32.4 Å². The van der Waals surface area contributed by atoms with Crippen molar-refractivity contribution in [2.75, 3.05) is 32.2 Å². The molecule has 1 aliphatic carbocycles. The lowest BCUT2D eigenvalue weighted by molar-refractivity contribution is 0.0675. The topological polar surface area (TPSA) is 65.4 Å². The van der Waals surface area contributed by atoms with E-state index in [1.165, 1.54) is 23.9 Å². The van der Waals surface area contributed by atoms with Crippen molar-refractivity contribution in [3.63, 3.8) is 0 Å². The second kappa shape index (κ2) is 8.01. The van der Waals surface area contributed by atoms with Crippen molar-refractivity contribution >= 4 is 5.69 Å². The summed E-state index contributed by atoms with van der Waals surface area (Å²) in [6.07, 6.45) is 6.13. The molecule has 20 heavy (non-hydrogen) atoms. The van der Waals surface area contributed by atoms with Gasteiger partial charge in [-0.1, -0.05) is 0 Å². The third kappa shape index (κ3) is 4.61. The van der Waals surface area contributed by atoms with Crippen molar-refractivity contribution in [1.29, 1.82) is 0 Å². The van der Waals surface area contributed by atoms with Gasteiger partial charge < -0.3 is 14.8 Å². The minimum atomic E-state index is -0.0637. The van der Waals surface area contributed by atoms with Crippen LogP contribution in [0.2, 0.25) is 0 Å². The number of aryl methyl sites for hydroxylation is 1. The first-order valence-electron chi connectivity index (χ1n) is 7.20. The van der Waals surface area contributed by atoms with Gasteiger partial charge in [-0.3, -0.25) is 4.79 Å². The quantitative estimate of drug-likeness (QED) is 0.690. The lowest BCUT2D eigenvalue weighted by Gasteiger charge is -2.27. The fraction of sp³-hybridized carbons (Fsp3) is 0.714. The van der Waals surface area contributed by atoms with Crippen LogP contribution in [-0.4, -0.2) is 42.8 Å². The highest BCUT2D eigenvalue weighted by Crippen LogP contribution is 2.21. The van der Waals surface area contributed by atoms with Crippen molar-refractivity contribution in [2.45, 2.75) is 38.3 Å². The summed E-state index contributed by atoms with van der Waals surface area (Å²) in [5.74, 6) is 0. The van der Waals surface area contributed by atoms with Crippen LogP contribution in [0.4, 0.5) is 5.69 Å². The van der Waals surface area contributed by atoms with Gasteiger partial charge in [-0.05, 0) is 25.7 Å². The van der Waals surface area contributed by atoms with Crippen LogP contribution in [0.5, 0.6) is 0 Å². The molecule has 1 N–H and O–H groups in total. The number of hydrogen-bond acceptors (Lipinski definition) is 5. The van der Waals surface area contributed by atoms with E-state index < -0.39 is 0 Å². The van der Waals surface area contributed by atoms with Crippen LogP contribution in [0.25, 0.3) is 0 Å². The lowest BCUT2D eigenvalue weighted by atomic mass is 9.93. The molecule has 0 spiro atoms. The van der Waals surface area contributed by atoms with E-state index in [9.17, 15) is 4.79 Å². The van der Waals surface area contributed by atoms with Crippen molar-refractivity contribution < 1.29 is 9.47 Å². The van der Waals surface area contributed by atoms with E-state index in [-0.39, 0.29) is 5.56 Å². The summed E-state index contributed by atoms with van der Waals surface area (Å²) in [6, 6.07) is 2.14. The molecule has 6 nitrogen and oxygen atoms in total. The van der Waals surface area contributed by atoms with Crippen molar-refractivity contribution in [3.05, 3.63) is 22.6 Å². The molecule has 1 aromatic rings. The van der Waals surface area contributed by atoms with Crippen LogP contribution in [-0.2, 0) is 16.0 Å². The number of rotatable bonds is 9. The molecule has 1 aromatic heterocycles. The Balaban J connectivity index is 1.73. The molecule has 112 valence electrons. The molecule has 0 aliphatic heterocycles. The van der Waals surface area contributed by atoms with Gasteiger partial charge in [0.15, 0.2) is 0 Å². The van der Waals surface area contributed by atoms with Crippen molar-refractivity contribution in [1.82, 2.24) is 9.78 Å². The second-order valence-corrected chi connectivity index (χ2v) is 5.04. The highest BCUT2D eigenvalue weighted by Gasteiger charge is 2.17. The first-order valence-corrected chi connectivity index (χ1v) is 7.20. The summed E-state index contributed by atoms with van der Waals surface area (Å²) in [4.78, 5) is 11.9. The Kier molecular flexibility index (Phi) is 6.01. The number of hydrogen-bond donors (Lipinski definition) is 1. The molecule has 1 heterocycles. The van der Waals surface area contributed by atoms with E-state index >= 15 is 0 Å². The summed E-state index contributed by atoms with van der Waals surface area (Å²) in [5.41, 5.74) is 0.763. The van der Waals surface area contributed by atoms with E-state index in [1.807, 2.05) is 0 Å². The van der Waals surface area contributed by atoms with Crippen LogP contribution in [0, 0.1) is 0 Å². The largest absolute Gasteiger partial charge is 0.382 e. The average Bonchev–Trinajstić information content (AvgIpc) is 2.40. The zero-order chi connectivity index (χ0) is 14.2. The predicted molar refractivity (Wildman–Crippen MR) is 77.1 cm³/mol. The van der Waals surface area contributed by atoms with E-state index in [0.29, 0.717) is 32.4 Å². The Hall–Kier alpha value is -1.40. The number of nitrogens with one attached hydrogen (secondary N) is 1. The average molecular weight is 281 g/mol. The van der Waals surface area contributed by atoms with Crippen LogP contribution in [0.15, 0.2) is 17.1 Å². The Morgan fingerprint density at radius 1 is 1.40 bits per heavy atom. The van der Waals surface area contributed by atoms with Crippen molar-refractivity contribution in [2.24, 2.45) is 0 Å². The molecule has 1 aliphatic rings. The first kappa shape index (κ1) is 15.0. The van der Waals surface area contributed by atoms with Gasteiger partial charge in [0.1, 0.15) is 0 Å². The molecular weight excluding hydrogens is 258 g/mol. The SMILES string of the molecule is COCCOCCCn1ncc(NC2CCC2)cc1=O. The van der Waals surface area contributed by atoms with Crippen LogP contribution < -0.4 is 10.9 Å². The molecule has 6 heteroatoms. The summed E-state index contributed by atoms with van der Waals surface area (Å²) < 4.78 is 11.7. The monoisotopic (exact) mass is 281 g/mol. The normalized spacial score (nSPS) is 15.1. The maximum absolute atomic E-state index is 11.9. The smallest absolute Gasteiger partial charge is 0.268 e. The molecule has 0 bridgehead atoms. The van der Waals surface area contributed by atoms with Crippen LogP contribution in [0.3, 0.4) is 0 Å². The zero-order valence-corrected chi connectivity index (χ0v) is 12.0. The molecule has 0 saturated heterocycles. The number of ether oxygens (including phenoxy) is 2. The van der Waals surface area contributed by atoms with E-state index in [2.05, 4.69) is 10.4 Å². The van der Waals surface area contributed by atoms with Crippen molar-refractivity contribution in [3.8, 4) is 0 Å². The highest BCUT2D eigenvalue weighted by atomic mass is 16.5. The van der Waals surface area contributed by atoms with E-state index in [1.54, 1.807) is 19.4 Å². The molecule has 1 fully saturated rings. The molecule has 0 atom stereocenters. The predicted octanol–water partition coefficient (Wildman–Crippen LogP) is 1.26. The van der Waals surface area contributed by atoms with Gasteiger partial charge in [-0.2, -0.15) is 5.10 Å². The van der Waals surface area contributed by atoms with E-state index in [0.717, 1.165) is 12.1 Å². The van der Waals surface area contributed by atoms with Crippen LogP contribution in [0.1, 0.15) is 25.7 Å². The molecule has 0 amide bonds. The summed E-state index contributed by atoms with van der Waals surface area (Å²) in [7, 11) is 1.64. The summed E-state index contributed by atoms with van der Waals surface area (Å²) in [6.45, 7) is 2.37. The fourth-order valence-electron chi connectivity index (χ4n) is 2.03. The minimum absolute atomic E-state index is 0.0637. The maximum Gasteiger partial charge on any atom is 0.268 e. The number of aromatic nitrogens is 2. The van der Waals surface area contributed by atoms with E-state index in [4.69, 9.17) is 9.47 Å². The summed E-state index contributed by atoms with van der Waals surface area (Å²) >= 11 is 0. The Labute approximate surface area is 119 Å². The molecular formula is C14H23N3O3. The zero-order valence-electron chi connectivity index (χ0n) is 12.0. The molecule has 1 saturated carbocycles. The van der Waals surface area contributed by atoms with Gasteiger partial charge in [0.2, 0.25) is 0 Å². The Bertz CT molecular complexity index is 457. The van der Waals surface area contributed by atoms with Crippen LogP contribution >= 0.6 is 0 Å². The lowest BCUT2D eigenvalue weighted by Crippen LogP contribution is -2.29. The fourth-order valence-corrected chi connectivity index (χ4v) is 2.03. The van der Waals surface area contributed by atoms with Gasteiger partial charge in [-0.15, -0.1) is 0 Å². The number of anilines is 1. The summed E-state index contributed by atoms with van der Waals surface area (Å²) in [5, 5.41) is 7.51. The molecule has 2 rings (SSSR count). The highest BCUT2D eigenvalue weighted by molar-refractivity contribution is 5.40. The van der Waals surface area contributed by atoms with Gasteiger partial charge in [-0.25, -0.2) is 4.68 Å². The van der Waals surface area contributed by atoms with Gasteiger partial charge in [0.25, 0.3) is 5.56 Å². The Morgan fingerprint density at radius 2 is 2.25 bits per heavy atom. The minimum Gasteiger partial charge on any atom is -0.382 e. The van der Waals surface area contributed by atoms with Gasteiger partial charge in [0.05, 0.1) is 25.1 Å². The molecule has 0 aromatic carbocycles. The van der Waals surface area contributed by atoms with Gasteiger partial charge >= 0.3 is 0 Å². The Morgan fingerprint density at radius 3 is 2.90 bits per heavy atom. The standard InChI is InChI=1S/C14H23N3O3/c1-19-8-9-20-7-3-6-17-14(18)10-13(11-15-17)16-12-4-2-5-12/h10-12,16H,2-9H2,1H3. The third-order valence-electron chi connectivity index (χ3n) is 3.44. The second-order valence-electron chi connectivity index (χ2n) is 5.04. The maximum atomic E-state index is 11.9. The molecule has 0 unspecified atom stereocenters.